The van der Waals surface area contributed by atoms with Crippen molar-refractivity contribution in [1.82, 2.24) is 20.9 Å². The molecule has 1 fully saturated rings. The Bertz CT molecular complexity index is 1740. The minimum atomic E-state index is -4.58. The van der Waals surface area contributed by atoms with Gasteiger partial charge in [-0.15, -0.1) is 0 Å². The quantitative estimate of drug-likeness (QED) is 0.108. The van der Waals surface area contributed by atoms with E-state index in [1.54, 1.807) is 56.9 Å². The molecule has 14 heteroatoms. The first-order chi connectivity index (χ1) is 26.7. The van der Waals surface area contributed by atoms with Gasteiger partial charge in [-0.25, -0.2) is 0 Å². The average Bonchev–Trinajstić information content (AvgIpc) is 3.19. The number of rotatable bonds is 21. The number of halogens is 2. The SMILES string of the molecule is CC(C)C(COCc1ccccc1)NC(=O)C(F)(F)C(=O)C(Cc1ccc(OCc2ccccc2)cc1)NC(=O)C(NC(=O)C(=O)CN1CCOCC1)C(C)C. The van der Waals surface area contributed by atoms with Gasteiger partial charge in [0.15, 0.2) is 0 Å². The number of nitrogens with one attached hydrogen (secondary N) is 3. The zero-order valence-corrected chi connectivity index (χ0v) is 32.3. The van der Waals surface area contributed by atoms with E-state index < -0.39 is 65.7 Å². The smallest absolute Gasteiger partial charge is 0.383 e. The summed E-state index contributed by atoms with van der Waals surface area (Å²) in [5.74, 6) is -11.5. The molecule has 0 aromatic heterocycles. The van der Waals surface area contributed by atoms with Crippen LogP contribution in [-0.2, 0) is 53.1 Å². The molecule has 3 aromatic carbocycles. The summed E-state index contributed by atoms with van der Waals surface area (Å²) >= 11 is 0. The van der Waals surface area contributed by atoms with Crippen LogP contribution in [0.5, 0.6) is 5.75 Å². The van der Waals surface area contributed by atoms with E-state index >= 15 is 8.78 Å². The third-order valence-corrected chi connectivity index (χ3v) is 9.33. The molecule has 1 saturated heterocycles. The summed E-state index contributed by atoms with van der Waals surface area (Å²) in [6.07, 6.45) is -0.422. The maximum atomic E-state index is 15.9. The van der Waals surface area contributed by atoms with E-state index in [1.807, 2.05) is 60.7 Å². The van der Waals surface area contributed by atoms with Gasteiger partial charge >= 0.3 is 5.92 Å². The molecule has 3 N–H and O–H groups in total. The number of morpholine rings is 1. The van der Waals surface area contributed by atoms with Crippen molar-refractivity contribution in [2.45, 2.75) is 71.4 Å². The Hall–Kier alpha value is -5.05. The number of hydrogen-bond acceptors (Lipinski definition) is 9. The topological polar surface area (TPSA) is 152 Å². The van der Waals surface area contributed by atoms with E-state index in [0.717, 1.165) is 11.1 Å². The van der Waals surface area contributed by atoms with Crippen molar-refractivity contribution < 1.29 is 47.0 Å². The number of ketones is 2. The largest absolute Gasteiger partial charge is 0.489 e. The zero-order chi connectivity index (χ0) is 40.7. The lowest BCUT2D eigenvalue weighted by atomic mass is 9.95. The van der Waals surface area contributed by atoms with Crippen LogP contribution in [0.2, 0.25) is 0 Å². The summed E-state index contributed by atoms with van der Waals surface area (Å²) in [6.45, 7) is 8.54. The van der Waals surface area contributed by atoms with Crippen molar-refractivity contribution in [1.29, 1.82) is 0 Å². The number of hydrogen-bond donors (Lipinski definition) is 3. The van der Waals surface area contributed by atoms with Crippen molar-refractivity contribution in [3.8, 4) is 5.75 Å². The molecule has 1 aliphatic heterocycles. The van der Waals surface area contributed by atoms with Crippen LogP contribution >= 0.6 is 0 Å². The van der Waals surface area contributed by atoms with Gasteiger partial charge < -0.3 is 30.2 Å². The van der Waals surface area contributed by atoms with E-state index in [-0.39, 0.29) is 32.3 Å². The maximum absolute atomic E-state index is 15.9. The number of Topliss-reactive ketones (excluding diaryl/α,β-unsaturated/α-hetero) is 2. The molecular weight excluding hydrogens is 726 g/mol. The highest BCUT2D eigenvalue weighted by Gasteiger charge is 2.51. The molecule has 0 radical (unpaired) electrons. The van der Waals surface area contributed by atoms with Crippen LogP contribution in [0.4, 0.5) is 8.78 Å². The molecule has 56 heavy (non-hydrogen) atoms. The van der Waals surface area contributed by atoms with E-state index in [2.05, 4.69) is 16.0 Å². The van der Waals surface area contributed by atoms with Gasteiger partial charge in [0.2, 0.25) is 17.5 Å². The molecule has 12 nitrogen and oxygen atoms in total. The monoisotopic (exact) mass is 778 g/mol. The van der Waals surface area contributed by atoms with Gasteiger partial charge in [0, 0.05) is 19.5 Å². The van der Waals surface area contributed by atoms with E-state index in [4.69, 9.17) is 14.2 Å². The summed E-state index contributed by atoms with van der Waals surface area (Å²) in [6, 6.07) is 20.8. The fourth-order valence-corrected chi connectivity index (χ4v) is 5.83. The predicted octanol–water partition coefficient (Wildman–Crippen LogP) is 3.90. The zero-order valence-electron chi connectivity index (χ0n) is 32.3. The molecule has 0 bridgehead atoms. The van der Waals surface area contributed by atoms with E-state index in [1.165, 1.54) is 0 Å². The highest BCUT2D eigenvalue weighted by molar-refractivity contribution is 6.37. The van der Waals surface area contributed by atoms with Crippen LogP contribution in [0.3, 0.4) is 0 Å². The fraction of sp³-hybridized carbons (Fsp3) is 0.452. The number of nitrogens with zero attached hydrogens (tertiary/aromatic N) is 1. The lowest BCUT2D eigenvalue weighted by molar-refractivity contribution is -0.161. The van der Waals surface area contributed by atoms with Gasteiger partial charge in [0.25, 0.3) is 11.8 Å². The molecule has 3 atom stereocenters. The lowest BCUT2D eigenvalue weighted by Gasteiger charge is -2.29. The predicted molar refractivity (Wildman–Crippen MR) is 205 cm³/mol. The summed E-state index contributed by atoms with van der Waals surface area (Å²) in [4.78, 5) is 68.0. The highest BCUT2D eigenvalue weighted by Crippen LogP contribution is 2.22. The van der Waals surface area contributed by atoms with Crippen LogP contribution in [0.1, 0.15) is 44.4 Å². The molecule has 3 unspecified atom stereocenters. The molecule has 302 valence electrons. The number of carbonyl (C=O) groups is 5. The van der Waals surface area contributed by atoms with Crippen molar-refractivity contribution >= 4 is 29.3 Å². The molecule has 1 aliphatic rings. The number of benzene rings is 3. The Labute approximate surface area is 326 Å². The van der Waals surface area contributed by atoms with Crippen LogP contribution in [0, 0.1) is 11.8 Å². The third-order valence-electron chi connectivity index (χ3n) is 9.33. The molecule has 0 saturated carbocycles. The van der Waals surface area contributed by atoms with Crippen LogP contribution < -0.4 is 20.7 Å². The summed E-state index contributed by atoms with van der Waals surface area (Å²) in [5.41, 5.74) is 2.17. The minimum Gasteiger partial charge on any atom is -0.489 e. The normalized spacial score (nSPS) is 15.1. The van der Waals surface area contributed by atoms with Crippen molar-refractivity contribution in [2.75, 3.05) is 39.5 Å². The van der Waals surface area contributed by atoms with Gasteiger partial charge in [-0.3, -0.25) is 28.9 Å². The van der Waals surface area contributed by atoms with E-state index in [0.29, 0.717) is 37.6 Å². The number of ether oxygens (including phenoxy) is 3. The standard InChI is InChI=1S/C42H52F2N4O8/c1-28(2)35(27-55-25-31-11-7-5-8-12-31)46-41(53)42(43,44)38(50)34(23-30-15-17-33(18-16-30)56-26-32-13-9-6-10-14-32)45-40(52)37(29(3)4)47-39(51)36(49)24-48-19-21-54-22-20-48/h5-18,28-29,34-35,37H,19-27H2,1-4H3,(H,45,52)(H,46,53)(H,47,51). The number of amides is 3. The summed E-state index contributed by atoms with van der Waals surface area (Å²) in [7, 11) is 0. The van der Waals surface area contributed by atoms with Gasteiger partial charge in [-0.05, 0) is 40.7 Å². The number of carbonyl (C=O) groups excluding carboxylic acids is 5. The van der Waals surface area contributed by atoms with Crippen molar-refractivity contribution in [3.05, 3.63) is 102 Å². The molecule has 3 amide bonds. The van der Waals surface area contributed by atoms with E-state index in [9.17, 15) is 24.0 Å². The number of alkyl halides is 2. The lowest BCUT2D eigenvalue weighted by Crippen LogP contribution is -2.60. The first-order valence-corrected chi connectivity index (χ1v) is 18.8. The fourth-order valence-electron chi connectivity index (χ4n) is 5.83. The Morgan fingerprint density at radius 1 is 0.750 bits per heavy atom. The first-order valence-electron chi connectivity index (χ1n) is 18.8. The second kappa shape index (κ2) is 21.3. The molecule has 0 spiro atoms. The second-order valence-electron chi connectivity index (χ2n) is 14.5. The second-order valence-corrected chi connectivity index (χ2v) is 14.5. The highest BCUT2D eigenvalue weighted by atomic mass is 19.3. The Morgan fingerprint density at radius 2 is 1.34 bits per heavy atom. The molecule has 1 heterocycles. The van der Waals surface area contributed by atoms with Crippen LogP contribution in [0.15, 0.2) is 84.9 Å². The first kappa shape index (κ1) is 43.7. The molecule has 0 aliphatic carbocycles. The van der Waals surface area contributed by atoms with Gasteiger partial charge in [-0.2, -0.15) is 8.78 Å². The van der Waals surface area contributed by atoms with Crippen LogP contribution in [-0.4, -0.2) is 97.7 Å². The maximum Gasteiger partial charge on any atom is 0.383 e. The average molecular weight is 779 g/mol. The van der Waals surface area contributed by atoms with Gasteiger partial charge in [-0.1, -0.05) is 100 Å². The Morgan fingerprint density at radius 3 is 1.91 bits per heavy atom. The van der Waals surface area contributed by atoms with Gasteiger partial charge in [0.1, 0.15) is 18.4 Å². The van der Waals surface area contributed by atoms with Crippen molar-refractivity contribution in [2.24, 2.45) is 11.8 Å². The van der Waals surface area contributed by atoms with Gasteiger partial charge in [0.05, 0.1) is 45.1 Å². The molecule has 3 aromatic rings. The third kappa shape index (κ3) is 13.3. The van der Waals surface area contributed by atoms with Crippen LogP contribution in [0.25, 0.3) is 0 Å². The van der Waals surface area contributed by atoms with Crippen molar-refractivity contribution in [3.63, 3.8) is 0 Å². The summed E-state index contributed by atoms with van der Waals surface area (Å²) in [5, 5.41) is 7.05. The Balaban J connectivity index is 1.50. The summed E-state index contributed by atoms with van der Waals surface area (Å²) < 4.78 is 48.7. The Kier molecular flexibility index (Phi) is 16.6. The molecular formula is C42H52F2N4O8. The minimum absolute atomic E-state index is 0.0958. The molecule has 4 rings (SSSR count).